The highest BCUT2D eigenvalue weighted by molar-refractivity contribution is 7.98. The molecule has 1 nitrogen and oxygen atoms in total. The van der Waals surface area contributed by atoms with Crippen molar-refractivity contribution in [1.82, 2.24) is 0 Å². The van der Waals surface area contributed by atoms with Crippen LogP contribution in [0.1, 0.15) is 26.3 Å². The molecule has 0 saturated carbocycles. The summed E-state index contributed by atoms with van der Waals surface area (Å²) in [6, 6.07) is 20.7. The fraction of sp³-hybridized carbons (Fsp3) is 0.235. The van der Waals surface area contributed by atoms with E-state index < -0.39 is 0 Å². The number of benzene rings is 2. The molecule has 0 amide bonds. The van der Waals surface area contributed by atoms with Crippen LogP contribution in [0.5, 0.6) is 0 Å². The molecule has 0 aliphatic heterocycles. The van der Waals surface area contributed by atoms with E-state index in [1.54, 1.807) is 0 Å². The van der Waals surface area contributed by atoms with Crippen LogP contribution < -0.4 is 0 Å². The SMILES string of the molecule is CC(C)(C)/C(=N/Sc1ccccc1)c1ccccc1. The molecule has 2 heteroatoms. The molecule has 2 aromatic carbocycles. The lowest BCUT2D eigenvalue weighted by Gasteiger charge is -2.21. The molecule has 0 aromatic heterocycles. The van der Waals surface area contributed by atoms with E-state index in [1.165, 1.54) is 22.4 Å². The molecule has 0 bridgehead atoms. The van der Waals surface area contributed by atoms with Crippen LogP contribution in [0, 0.1) is 5.41 Å². The summed E-state index contributed by atoms with van der Waals surface area (Å²) in [6.07, 6.45) is 0. The van der Waals surface area contributed by atoms with Crippen LogP contribution in [0.15, 0.2) is 70.0 Å². The Morgan fingerprint density at radius 1 is 0.842 bits per heavy atom. The molecule has 0 aliphatic rings. The quantitative estimate of drug-likeness (QED) is 0.549. The zero-order valence-corrected chi connectivity index (χ0v) is 12.4. The first-order valence-corrected chi connectivity index (χ1v) is 7.21. The first kappa shape index (κ1) is 13.9. The second-order valence-electron chi connectivity index (χ2n) is 5.46. The first-order chi connectivity index (χ1) is 9.07. The molecule has 0 saturated heterocycles. The molecule has 0 spiro atoms. The standard InChI is InChI=1S/C17H19NS/c1-17(2,3)16(14-10-6-4-7-11-14)18-19-15-12-8-5-9-13-15/h4-13H,1-3H3/b18-16+. The van der Waals surface area contributed by atoms with Gasteiger partial charge in [0.15, 0.2) is 0 Å². The molecule has 19 heavy (non-hydrogen) atoms. The van der Waals surface area contributed by atoms with Crippen molar-refractivity contribution in [2.75, 3.05) is 0 Å². The van der Waals surface area contributed by atoms with Gasteiger partial charge < -0.3 is 0 Å². The van der Waals surface area contributed by atoms with Crippen LogP contribution in [-0.4, -0.2) is 5.71 Å². The third-order valence-electron chi connectivity index (χ3n) is 2.74. The Morgan fingerprint density at radius 3 is 1.89 bits per heavy atom. The lowest BCUT2D eigenvalue weighted by atomic mass is 9.86. The molecule has 0 fully saturated rings. The largest absolute Gasteiger partial charge is 0.215 e. The van der Waals surface area contributed by atoms with E-state index in [1.807, 2.05) is 24.3 Å². The van der Waals surface area contributed by atoms with Gasteiger partial charge in [0.2, 0.25) is 0 Å². The van der Waals surface area contributed by atoms with E-state index in [0.717, 1.165) is 5.71 Å². The van der Waals surface area contributed by atoms with Crippen molar-refractivity contribution < 1.29 is 0 Å². The van der Waals surface area contributed by atoms with Crippen molar-refractivity contribution in [3.63, 3.8) is 0 Å². The predicted molar refractivity (Wildman–Crippen MR) is 84.7 cm³/mol. The van der Waals surface area contributed by atoms with E-state index in [-0.39, 0.29) is 5.41 Å². The summed E-state index contributed by atoms with van der Waals surface area (Å²) in [5.74, 6) is 0. The molecule has 0 heterocycles. The van der Waals surface area contributed by atoms with Crippen molar-refractivity contribution in [3.05, 3.63) is 66.2 Å². The van der Waals surface area contributed by atoms with Crippen LogP contribution in [0.3, 0.4) is 0 Å². The van der Waals surface area contributed by atoms with Gasteiger partial charge in [-0.3, -0.25) is 0 Å². The number of hydrogen-bond donors (Lipinski definition) is 0. The van der Waals surface area contributed by atoms with Crippen molar-refractivity contribution >= 4 is 17.7 Å². The second kappa shape index (κ2) is 6.07. The van der Waals surface area contributed by atoms with Gasteiger partial charge >= 0.3 is 0 Å². The van der Waals surface area contributed by atoms with E-state index in [9.17, 15) is 0 Å². The zero-order chi connectivity index (χ0) is 13.7. The van der Waals surface area contributed by atoms with Gasteiger partial charge in [-0.25, -0.2) is 4.40 Å². The summed E-state index contributed by atoms with van der Waals surface area (Å²) >= 11 is 1.54. The molecule has 0 N–H and O–H groups in total. The van der Waals surface area contributed by atoms with Crippen LogP contribution in [0.4, 0.5) is 0 Å². The second-order valence-corrected chi connectivity index (χ2v) is 6.30. The van der Waals surface area contributed by atoms with E-state index in [0.29, 0.717) is 0 Å². The predicted octanol–water partition coefficient (Wildman–Crippen LogP) is 5.23. The van der Waals surface area contributed by atoms with Crippen LogP contribution in [0.2, 0.25) is 0 Å². The van der Waals surface area contributed by atoms with E-state index >= 15 is 0 Å². The minimum atomic E-state index is 0.0309. The van der Waals surface area contributed by atoms with Crippen LogP contribution in [0.25, 0.3) is 0 Å². The summed E-state index contributed by atoms with van der Waals surface area (Å²) < 4.78 is 4.77. The van der Waals surface area contributed by atoms with E-state index in [4.69, 9.17) is 4.40 Å². The molecule has 0 radical (unpaired) electrons. The Bertz CT molecular complexity index is 538. The summed E-state index contributed by atoms with van der Waals surface area (Å²) in [4.78, 5) is 1.17. The van der Waals surface area contributed by atoms with Crippen LogP contribution in [-0.2, 0) is 0 Å². The zero-order valence-electron chi connectivity index (χ0n) is 11.6. The van der Waals surface area contributed by atoms with Gasteiger partial charge in [-0.15, -0.1) is 0 Å². The summed E-state index contributed by atoms with van der Waals surface area (Å²) in [5, 5.41) is 0. The lowest BCUT2D eigenvalue weighted by molar-refractivity contribution is 0.594. The maximum atomic E-state index is 4.77. The smallest absolute Gasteiger partial charge is 0.0616 e. The molecule has 2 rings (SSSR count). The minimum Gasteiger partial charge on any atom is -0.215 e. The topological polar surface area (TPSA) is 12.4 Å². The minimum absolute atomic E-state index is 0.0309. The lowest BCUT2D eigenvalue weighted by Crippen LogP contribution is -2.21. The third-order valence-corrected chi connectivity index (χ3v) is 3.50. The van der Waals surface area contributed by atoms with Crippen molar-refractivity contribution in [2.45, 2.75) is 25.7 Å². The Hall–Kier alpha value is -1.54. The number of hydrogen-bond acceptors (Lipinski definition) is 2. The van der Waals surface area contributed by atoms with Gasteiger partial charge in [-0.05, 0) is 17.7 Å². The Balaban J connectivity index is 2.29. The maximum absolute atomic E-state index is 4.77. The Labute approximate surface area is 119 Å². The van der Waals surface area contributed by atoms with Gasteiger partial charge in [-0.2, -0.15) is 0 Å². The summed E-state index contributed by atoms with van der Waals surface area (Å²) in [6.45, 7) is 6.60. The molecular formula is C17H19NS. The highest BCUT2D eigenvalue weighted by Crippen LogP contribution is 2.27. The molecule has 98 valence electrons. The fourth-order valence-electron chi connectivity index (χ4n) is 1.80. The highest BCUT2D eigenvalue weighted by atomic mass is 32.2. The van der Waals surface area contributed by atoms with Gasteiger partial charge in [0.05, 0.1) is 5.71 Å². The van der Waals surface area contributed by atoms with Crippen molar-refractivity contribution in [3.8, 4) is 0 Å². The molecule has 0 aliphatic carbocycles. The normalized spacial score (nSPS) is 12.5. The Morgan fingerprint density at radius 2 is 1.37 bits per heavy atom. The fourth-order valence-corrected chi connectivity index (χ4v) is 2.65. The number of rotatable bonds is 3. The van der Waals surface area contributed by atoms with Crippen molar-refractivity contribution in [2.24, 2.45) is 9.81 Å². The van der Waals surface area contributed by atoms with Crippen molar-refractivity contribution in [1.29, 1.82) is 0 Å². The monoisotopic (exact) mass is 269 g/mol. The van der Waals surface area contributed by atoms with E-state index in [2.05, 4.69) is 57.2 Å². The summed E-state index contributed by atoms with van der Waals surface area (Å²) in [5.41, 5.74) is 2.35. The van der Waals surface area contributed by atoms with Crippen LogP contribution >= 0.6 is 11.9 Å². The molecular weight excluding hydrogens is 250 g/mol. The highest BCUT2D eigenvalue weighted by Gasteiger charge is 2.20. The van der Waals surface area contributed by atoms with Gasteiger partial charge in [0.25, 0.3) is 0 Å². The maximum Gasteiger partial charge on any atom is 0.0616 e. The van der Waals surface area contributed by atoms with Gasteiger partial charge in [0, 0.05) is 22.3 Å². The van der Waals surface area contributed by atoms with Gasteiger partial charge in [-0.1, -0.05) is 69.3 Å². The Kier molecular flexibility index (Phi) is 4.43. The molecule has 2 aromatic rings. The molecule has 0 atom stereocenters. The average Bonchev–Trinajstić information content (AvgIpc) is 2.40. The summed E-state index contributed by atoms with van der Waals surface area (Å²) in [7, 11) is 0. The third kappa shape index (κ3) is 3.97. The van der Waals surface area contributed by atoms with Gasteiger partial charge in [0.1, 0.15) is 0 Å². The average molecular weight is 269 g/mol. The first-order valence-electron chi connectivity index (χ1n) is 6.43. The molecule has 0 unspecified atom stereocenters. The number of nitrogens with zero attached hydrogens (tertiary/aromatic N) is 1.